The van der Waals surface area contributed by atoms with Gasteiger partial charge in [0, 0.05) is 51.5 Å². The number of guanidine groups is 1. The molecule has 0 amide bonds. The van der Waals surface area contributed by atoms with Gasteiger partial charge in [0.15, 0.2) is 12.6 Å². The summed E-state index contributed by atoms with van der Waals surface area (Å²) in [5.74, 6) is 1.04. The topological polar surface area (TPSA) is 77.0 Å². The van der Waals surface area contributed by atoms with E-state index in [9.17, 15) is 13.2 Å². The zero-order valence-electron chi connectivity index (χ0n) is 15.9. The fourth-order valence-corrected chi connectivity index (χ4v) is 2.55. The summed E-state index contributed by atoms with van der Waals surface area (Å²) in [6.45, 7) is 2.70. The lowest BCUT2D eigenvalue weighted by atomic mass is 10.1. The van der Waals surface area contributed by atoms with Gasteiger partial charge in [-0.05, 0) is 24.5 Å². The second-order valence-electron chi connectivity index (χ2n) is 6.42. The highest BCUT2D eigenvalue weighted by Gasteiger charge is 2.28. The van der Waals surface area contributed by atoms with Gasteiger partial charge in [-0.3, -0.25) is 4.99 Å². The van der Waals surface area contributed by atoms with Crippen LogP contribution in [0.2, 0.25) is 0 Å². The number of nitrogens with zero attached hydrogens (tertiary/aromatic N) is 2. The van der Waals surface area contributed by atoms with Crippen molar-refractivity contribution < 1.29 is 27.4 Å². The monoisotopic (exact) mass is 404 g/mol. The average molecular weight is 404 g/mol. The fourth-order valence-electron chi connectivity index (χ4n) is 2.55. The molecule has 158 valence electrons. The van der Waals surface area contributed by atoms with Gasteiger partial charge in [0.25, 0.3) is 0 Å². The molecular weight excluding hydrogens is 377 g/mol. The van der Waals surface area contributed by atoms with Gasteiger partial charge in [-0.15, -0.1) is 0 Å². The Kier molecular flexibility index (Phi) is 9.29. The van der Waals surface area contributed by atoms with Gasteiger partial charge < -0.3 is 24.8 Å². The Morgan fingerprint density at radius 1 is 1.39 bits per heavy atom. The molecule has 10 heteroatoms. The smallest absolute Gasteiger partial charge is 0.422 e. The van der Waals surface area contributed by atoms with Crippen LogP contribution in [0.3, 0.4) is 0 Å². The first-order chi connectivity index (χ1) is 13.5. The van der Waals surface area contributed by atoms with Gasteiger partial charge in [-0.2, -0.15) is 13.2 Å². The molecule has 0 spiro atoms. The Bertz CT molecular complexity index is 608. The quantitative estimate of drug-likeness (QED) is 0.354. The highest BCUT2D eigenvalue weighted by atomic mass is 19.4. The number of rotatable bonds is 10. The Morgan fingerprint density at radius 3 is 2.96 bits per heavy atom. The lowest BCUT2D eigenvalue weighted by Crippen LogP contribution is -2.37. The van der Waals surface area contributed by atoms with Crippen molar-refractivity contribution >= 4 is 5.96 Å². The van der Waals surface area contributed by atoms with E-state index in [0.29, 0.717) is 31.6 Å². The average Bonchev–Trinajstić information content (AvgIpc) is 3.18. The van der Waals surface area contributed by atoms with E-state index in [1.54, 1.807) is 13.1 Å². The van der Waals surface area contributed by atoms with Crippen LogP contribution in [-0.2, 0) is 16.0 Å². The molecule has 1 atom stereocenters. The molecule has 2 rings (SSSR count). The second-order valence-corrected chi connectivity index (χ2v) is 6.42. The Morgan fingerprint density at radius 2 is 2.25 bits per heavy atom. The molecule has 2 heterocycles. The lowest BCUT2D eigenvalue weighted by molar-refractivity contribution is -0.154. The van der Waals surface area contributed by atoms with Crippen molar-refractivity contribution in [1.29, 1.82) is 0 Å². The second kappa shape index (κ2) is 11.7. The normalized spacial score (nSPS) is 17.6. The van der Waals surface area contributed by atoms with E-state index in [4.69, 9.17) is 9.47 Å². The van der Waals surface area contributed by atoms with Crippen molar-refractivity contribution in [3.05, 3.63) is 23.9 Å². The molecule has 0 radical (unpaired) electrons. The molecule has 1 aromatic heterocycles. The van der Waals surface area contributed by atoms with Crippen molar-refractivity contribution in [2.75, 3.05) is 46.6 Å². The molecule has 1 aliphatic rings. The summed E-state index contributed by atoms with van der Waals surface area (Å²) in [6.07, 6.45) is -1.09. The molecule has 1 unspecified atom stereocenters. The van der Waals surface area contributed by atoms with Gasteiger partial charge in [0.2, 0.25) is 5.88 Å². The number of aliphatic imine (C=N–C) groups is 1. The van der Waals surface area contributed by atoms with Gasteiger partial charge in [-0.25, -0.2) is 4.98 Å². The minimum Gasteiger partial charge on any atom is -0.468 e. The number of aromatic nitrogens is 1. The standard InChI is InChI=1S/C18H27F3N4O3/c1-22-17(24-5-2-7-26-11-15-4-8-27-12-15)25-10-14-3-6-23-16(9-14)28-13-18(19,20)21/h3,6,9,15H,2,4-5,7-8,10-13H2,1H3,(H2,22,24,25). The van der Waals surface area contributed by atoms with Crippen molar-refractivity contribution in [1.82, 2.24) is 15.6 Å². The fraction of sp³-hybridized carbons (Fsp3) is 0.667. The first-order valence-corrected chi connectivity index (χ1v) is 9.21. The minimum atomic E-state index is -4.39. The van der Waals surface area contributed by atoms with Crippen LogP contribution in [0.4, 0.5) is 13.2 Å². The third-order valence-electron chi connectivity index (χ3n) is 4.00. The Labute approximate surface area is 162 Å². The number of ether oxygens (including phenoxy) is 3. The van der Waals surface area contributed by atoms with E-state index in [2.05, 4.69) is 25.3 Å². The third-order valence-corrected chi connectivity index (χ3v) is 4.00. The van der Waals surface area contributed by atoms with Crippen LogP contribution in [-0.4, -0.2) is 63.7 Å². The van der Waals surface area contributed by atoms with Crippen LogP contribution >= 0.6 is 0 Å². The number of nitrogens with one attached hydrogen (secondary N) is 2. The van der Waals surface area contributed by atoms with Crippen LogP contribution in [0.25, 0.3) is 0 Å². The van der Waals surface area contributed by atoms with Crippen LogP contribution in [0.15, 0.2) is 23.3 Å². The van der Waals surface area contributed by atoms with Gasteiger partial charge in [0.1, 0.15) is 0 Å². The molecule has 0 saturated carbocycles. The van der Waals surface area contributed by atoms with Crippen molar-refractivity contribution in [2.24, 2.45) is 10.9 Å². The summed E-state index contributed by atoms with van der Waals surface area (Å²) in [7, 11) is 1.65. The number of halogens is 3. The number of pyridine rings is 1. The maximum Gasteiger partial charge on any atom is 0.422 e. The third kappa shape index (κ3) is 9.23. The zero-order chi connectivity index (χ0) is 20.2. The van der Waals surface area contributed by atoms with Crippen LogP contribution < -0.4 is 15.4 Å². The summed E-state index contributed by atoms with van der Waals surface area (Å²) in [4.78, 5) is 7.90. The van der Waals surface area contributed by atoms with E-state index in [1.165, 1.54) is 12.3 Å². The van der Waals surface area contributed by atoms with Gasteiger partial charge in [-0.1, -0.05) is 0 Å². The minimum absolute atomic E-state index is 0.0654. The van der Waals surface area contributed by atoms with Crippen LogP contribution in [0.1, 0.15) is 18.4 Å². The predicted molar refractivity (Wildman–Crippen MR) is 98.4 cm³/mol. The van der Waals surface area contributed by atoms with E-state index in [-0.39, 0.29) is 5.88 Å². The SMILES string of the molecule is CN=C(NCCCOCC1CCOC1)NCc1ccnc(OCC(F)(F)F)c1. The van der Waals surface area contributed by atoms with Crippen LogP contribution in [0, 0.1) is 5.92 Å². The molecule has 7 nitrogen and oxygen atoms in total. The largest absolute Gasteiger partial charge is 0.468 e. The highest BCUT2D eigenvalue weighted by Crippen LogP contribution is 2.17. The first kappa shape index (κ1) is 22.2. The highest BCUT2D eigenvalue weighted by molar-refractivity contribution is 5.79. The molecule has 0 aliphatic carbocycles. The van der Waals surface area contributed by atoms with Crippen LogP contribution in [0.5, 0.6) is 5.88 Å². The van der Waals surface area contributed by atoms with E-state index in [1.807, 2.05) is 0 Å². The molecule has 1 fully saturated rings. The molecule has 1 aromatic rings. The summed E-state index contributed by atoms with van der Waals surface area (Å²) < 4.78 is 52.2. The van der Waals surface area contributed by atoms with Crippen molar-refractivity contribution in [3.8, 4) is 5.88 Å². The van der Waals surface area contributed by atoms with Gasteiger partial charge in [0.05, 0.1) is 13.2 Å². The zero-order valence-corrected chi connectivity index (χ0v) is 15.9. The van der Waals surface area contributed by atoms with Crippen molar-refractivity contribution in [2.45, 2.75) is 25.6 Å². The Hall–Kier alpha value is -2.07. The molecule has 0 aromatic carbocycles. The maximum atomic E-state index is 12.2. The number of hydrogen-bond acceptors (Lipinski definition) is 5. The van der Waals surface area contributed by atoms with Gasteiger partial charge >= 0.3 is 6.18 Å². The molecule has 0 bridgehead atoms. The van der Waals surface area contributed by atoms with Crippen molar-refractivity contribution in [3.63, 3.8) is 0 Å². The first-order valence-electron chi connectivity index (χ1n) is 9.21. The summed E-state index contributed by atoms with van der Waals surface area (Å²) in [5, 5.41) is 6.26. The molecule has 1 saturated heterocycles. The summed E-state index contributed by atoms with van der Waals surface area (Å²) in [5.41, 5.74) is 0.734. The molecule has 2 N–H and O–H groups in total. The lowest BCUT2D eigenvalue weighted by Gasteiger charge is -2.13. The number of hydrogen-bond donors (Lipinski definition) is 2. The van der Waals surface area contributed by atoms with E-state index in [0.717, 1.165) is 38.2 Å². The van der Waals surface area contributed by atoms with E-state index >= 15 is 0 Å². The van der Waals surface area contributed by atoms with E-state index < -0.39 is 12.8 Å². The predicted octanol–water partition coefficient (Wildman–Crippen LogP) is 2.13. The number of alkyl halides is 3. The summed E-state index contributed by atoms with van der Waals surface area (Å²) >= 11 is 0. The molecule has 28 heavy (non-hydrogen) atoms. The Balaban J connectivity index is 1.62. The maximum absolute atomic E-state index is 12.2. The summed E-state index contributed by atoms with van der Waals surface area (Å²) in [6, 6.07) is 3.16. The molecular formula is C18H27F3N4O3. The molecule has 1 aliphatic heterocycles.